The summed E-state index contributed by atoms with van der Waals surface area (Å²) < 4.78 is 52.5. The molecule has 2 atom stereocenters. The summed E-state index contributed by atoms with van der Waals surface area (Å²) in [6.07, 6.45) is -1.23. The maximum absolute atomic E-state index is 15.1. The number of aromatic nitrogens is 6. The summed E-state index contributed by atoms with van der Waals surface area (Å²) in [5.74, 6) is -2.77. The van der Waals surface area contributed by atoms with Crippen molar-refractivity contribution in [2.24, 2.45) is 0 Å². The van der Waals surface area contributed by atoms with E-state index < -0.39 is 35.1 Å². The van der Waals surface area contributed by atoms with Gasteiger partial charge in [0, 0.05) is 42.0 Å². The van der Waals surface area contributed by atoms with Crippen LogP contribution in [0.25, 0.3) is 33.5 Å². The molecule has 74 heavy (non-hydrogen) atoms. The van der Waals surface area contributed by atoms with Crippen molar-refractivity contribution < 1.29 is 27.5 Å². The molecule has 4 N–H and O–H groups in total. The van der Waals surface area contributed by atoms with E-state index in [0.29, 0.717) is 45.4 Å². The summed E-state index contributed by atoms with van der Waals surface area (Å²) in [6.45, 7) is 0. The molecule has 4 heterocycles. The van der Waals surface area contributed by atoms with Crippen LogP contribution >= 0.6 is 0 Å². The summed E-state index contributed by atoms with van der Waals surface area (Å²) in [5.41, 5.74) is 3.47. The molecular weight excluding hydrogens is 946 g/mol. The van der Waals surface area contributed by atoms with E-state index in [1.165, 1.54) is 19.2 Å². The zero-order valence-corrected chi connectivity index (χ0v) is 38.9. The molecule has 18 heteroatoms. The fourth-order valence-corrected chi connectivity index (χ4v) is 8.67. The van der Waals surface area contributed by atoms with Crippen molar-refractivity contribution in [1.29, 1.82) is 10.5 Å². The molecule has 0 radical (unpaired) electrons. The molecule has 6 aromatic carbocycles. The molecule has 0 saturated heterocycles. The third kappa shape index (κ3) is 9.54. The maximum atomic E-state index is 15.1. The Hall–Kier alpha value is -10.2. The van der Waals surface area contributed by atoms with Gasteiger partial charge in [0.2, 0.25) is 17.8 Å². The molecule has 362 valence electrons. The highest BCUT2D eigenvalue weighted by Gasteiger charge is 2.52. The second kappa shape index (κ2) is 19.9. The van der Waals surface area contributed by atoms with Crippen LogP contribution in [0.5, 0.6) is 0 Å². The van der Waals surface area contributed by atoms with Gasteiger partial charge in [-0.25, -0.2) is 9.03 Å². The van der Waals surface area contributed by atoms with Crippen LogP contribution in [0.15, 0.2) is 188 Å². The number of amides is 2. The minimum Gasteiger partial charge on any atom is -0.362 e. The van der Waals surface area contributed by atoms with Crippen LogP contribution in [-0.4, -0.2) is 48.1 Å². The Morgan fingerprint density at radius 1 is 0.568 bits per heavy atom. The number of nitrogens with one attached hydrogen (secondary N) is 4. The van der Waals surface area contributed by atoms with Crippen LogP contribution in [0, 0.1) is 22.7 Å². The average Bonchev–Trinajstić information content (AvgIpc) is 4.03. The monoisotopic (exact) mass is 984 g/mol. The molecule has 15 nitrogen and oxygen atoms in total. The normalized spacial score (nSPS) is 12.5. The van der Waals surface area contributed by atoms with Gasteiger partial charge in [-0.3, -0.25) is 9.59 Å². The first-order chi connectivity index (χ1) is 35.9. The predicted octanol–water partition coefficient (Wildman–Crippen LogP) is 11.3. The molecule has 2 amide bonds. The van der Waals surface area contributed by atoms with Crippen molar-refractivity contribution in [2.45, 2.75) is 17.7 Å². The first-order valence-corrected chi connectivity index (χ1v) is 22.8. The molecule has 0 fully saturated rings. The average molecular weight is 985 g/mol. The van der Waals surface area contributed by atoms with E-state index >= 15 is 4.79 Å². The molecule has 10 rings (SSSR count). The Kier molecular flexibility index (Phi) is 12.8. The molecule has 0 spiro atoms. The van der Waals surface area contributed by atoms with Crippen LogP contribution in [0.4, 0.5) is 47.8 Å². The molecule has 0 aliphatic carbocycles. The van der Waals surface area contributed by atoms with Crippen molar-refractivity contribution in [1.82, 2.24) is 29.2 Å². The smallest absolute Gasteiger partial charge is 0.362 e. The van der Waals surface area contributed by atoms with E-state index in [0.717, 1.165) is 34.4 Å². The molecule has 0 aliphatic rings. The lowest BCUT2D eigenvalue weighted by atomic mass is 9.75. The second-order valence-electron chi connectivity index (χ2n) is 16.8. The number of fused-ring (bicyclic) bond motifs is 2. The number of ether oxygens (including phenoxy) is 1. The molecule has 2 unspecified atom stereocenters. The van der Waals surface area contributed by atoms with Gasteiger partial charge in [0.1, 0.15) is 18.1 Å². The van der Waals surface area contributed by atoms with Crippen molar-refractivity contribution in [3.8, 4) is 34.4 Å². The zero-order chi connectivity index (χ0) is 51.4. The summed E-state index contributed by atoms with van der Waals surface area (Å²) >= 11 is 0. The highest BCUT2D eigenvalue weighted by molar-refractivity contribution is 6.07. The standard InChI is InChI=1S/C56H39F3N12O3/c1-74-55(42-13-3-2-4-14-42,52(73)63-45-26-20-36(21-27-45)41-23-29-49-67-54(69-71(49)34-41)65-47-17-8-6-11-39(47)32-61)50(37-12-9-15-43(30-37)56(57,58)59)51(72)62-44-24-18-35(19-25-44)40-22-28-48-66-53(68-70(48)33-40)64-46-16-7-5-10-38(46)31-60/h2-30,33-34,50H,1H3,(H,62,72)(H,63,73)(H,64,68)(H,65,69). The number of carbonyl (C=O) groups excluding carboxylic acids is 2. The number of anilines is 6. The molecule has 0 saturated carbocycles. The number of benzene rings is 6. The van der Waals surface area contributed by atoms with Crippen molar-refractivity contribution in [3.05, 3.63) is 216 Å². The summed E-state index contributed by atoms with van der Waals surface area (Å²) in [7, 11) is 1.23. The Bertz CT molecular complexity index is 3810. The highest BCUT2D eigenvalue weighted by atomic mass is 19.4. The number of rotatable bonds is 14. The largest absolute Gasteiger partial charge is 0.416 e. The van der Waals surface area contributed by atoms with Gasteiger partial charge in [0.25, 0.3) is 5.91 Å². The Morgan fingerprint density at radius 2 is 1.04 bits per heavy atom. The van der Waals surface area contributed by atoms with Gasteiger partial charge in [-0.15, -0.1) is 10.2 Å². The van der Waals surface area contributed by atoms with E-state index in [1.54, 1.807) is 161 Å². The van der Waals surface area contributed by atoms with Gasteiger partial charge in [-0.05, 0) is 101 Å². The zero-order valence-electron chi connectivity index (χ0n) is 38.9. The van der Waals surface area contributed by atoms with Gasteiger partial charge in [0.15, 0.2) is 16.9 Å². The maximum Gasteiger partial charge on any atom is 0.416 e. The van der Waals surface area contributed by atoms with Crippen LogP contribution < -0.4 is 21.3 Å². The minimum atomic E-state index is -4.78. The van der Waals surface area contributed by atoms with E-state index in [-0.39, 0.29) is 22.8 Å². The van der Waals surface area contributed by atoms with Crippen LogP contribution in [0.3, 0.4) is 0 Å². The highest BCUT2D eigenvalue weighted by Crippen LogP contribution is 2.44. The van der Waals surface area contributed by atoms with Crippen LogP contribution in [0.2, 0.25) is 0 Å². The Balaban J connectivity index is 0.933. The molecule has 4 aromatic heterocycles. The van der Waals surface area contributed by atoms with E-state index in [2.05, 4.69) is 53.6 Å². The molecule has 10 aromatic rings. The molecule has 0 bridgehead atoms. The van der Waals surface area contributed by atoms with Gasteiger partial charge in [-0.1, -0.05) is 97.1 Å². The number of para-hydroxylation sites is 2. The number of halogens is 3. The summed E-state index contributed by atoms with van der Waals surface area (Å²) in [4.78, 5) is 39.1. The van der Waals surface area contributed by atoms with Gasteiger partial charge in [0.05, 0.1) is 28.1 Å². The lowest BCUT2D eigenvalue weighted by Gasteiger charge is -2.38. The van der Waals surface area contributed by atoms with Crippen molar-refractivity contribution >= 4 is 57.8 Å². The molecular formula is C56H39F3N12O3. The van der Waals surface area contributed by atoms with Crippen LogP contribution in [-0.2, 0) is 26.1 Å². The number of hydrogen-bond donors (Lipinski definition) is 4. The van der Waals surface area contributed by atoms with Crippen LogP contribution in [0.1, 0.15) is 33.7 Å². The number of alkyl halides is 3. The van der Waals surface area contributed by atoms with Gasteiger partial charge in [-0.2, -0.15) is 33.7 Å². The first kappa shape index (κ1) is 47.5. The Morgan fingerprint density at radius 3 is 1.54 bits per heavy atom. The first-order valence-electron chi connectivity index (χ1n) is 22.8. The predicted molar refractivity (Wildman–Crippen MR) is 272 cm³/mol. The van der Waals surface area contributed by atoms with Gasteiger partial charge < -0.3 is 26.0 Å². The van der Waals surface area contributed by atoms with E-state index in [4.69, 9.17) is 4.74 Å². The topological polar surface area (TPSA) is 199 Å². The quantitative estimate of drug-likeness (QED) is 0.0808. The fourth-order valence-electron chi connectivity index (χ4n) is 8.67. The van der Waals surface area contributed by atoms with Gasteiger partial charge >= 0.3 is 6.18 Å². The third-order valence-corrected chi connectivity index (χ3v) is 12.3. The lowest BCUT2D eigenvalue weighted by Crippen LogP contribution is -2.51. The SMILES string of the molecule is COC(C(=O)Nc1ccc(-c2ccc3nc(Nc4ccccc4C#N)nn3c2)cc1)(c1ccccc1)C(C(=O)Nc1ccc(-c2ccc3nc(Nc4ccccc4C#N)nn3c2)cc1)c1cccc(C(F)(F)F)c1. The number of pyridine rings is 2. The Labute approximate surface area is 420 Å². The number of carbonyl (C=O) groups is 2. The molecule has 0 aliphatic heterocycles. The lowest BCUT2D eigenvalue weighted by molar-refractivity contribution is -0.148. The minimum absolute atomic E-state index is 0.132. The van der Waals surface area contributed by atoms with E-state index in [9.17, 15) is 28.5 Å². The number of nitriles is 2. The number of methoxy groups -OCH3 is 1. The number of hydrogen-bond acceptors (Lipinski definition) is 11. The summed E-state index contributed by atoms with van der Waals surface area (Å²) in [5, 5.41) is 40.0. The fraction of sp³-hybridized carbons (Fsp3) is 0.0714. The van der Waals surface area contributed by atoms with E-state index in [1.807, 2.05) is 12.1 Å². The number of nitrogens with zero attached hydrogens (tertiary/aromatic N) is 8. The third-order valence-electron chi connectivity index (χ3n) is 12.3. The second-order valence-corrected chi connectivity index (χ2v) is 16.8. The van der Waals surface area contributed by atoms with Crippen molar-refractivity contribution in [2.75, 3.05) is 28.4 Å². The van der Waals surface area contributed by atoms with Crippen molar-refractivity contribution in [3.63, 3.8) is 0 Å². The summed E-state index contributed by atoms with van der Waals surface area (Å²) in [6, 6.07) is 51.6.